The molecule has 0 saturated carbocycles. The molecule has 0 spiro atoms. The van der Waals surface area contributed by atoms with Crippen LogP contribution in [0.2, 0.25) is 0 Å². The number of carbonyl (C=O) groups is 1. The summed E-state index contributed by atoms with van der Waals surface area (Å²) >= 11 is 0. The maximum absolute atomic E-state index is 11.4. The Morgan fingerprint density at radius 2 is 2.00 bits per heavy atom. The fraction of sp³-hybridized carbons (Fsp3) is 0.625. The first-order valence-corrected chi connectivity index (χ1v) is 7.26. The Morgan fingerprint density at radius 3 is 2.52 bits per heavy atom. The van der Waals surface area contributed by atoms with Crippen LogP contribution in [0.25, 0.3) is 6.08 Å². The summed E-state index contributed by atoms with van der Waals surface area (Å²) in [6, 6.07) is 0. The number of alkyl carbamates (subject to hydrolysis) is 1. The monoisotopic (exact) mass is 293 g/mol. The average molecular weight is 293 g/mol. The summed E-state index contributed by atoms with van der Waals surface area (Å²) in [4.78, 5) is 11.4. The normalized spacial score (nSPS) is 12.7. The van der Waals surface area contributed by atoms with Crippen LogP contribution in [0.4, 0.5) is 4.79 Å². The zero-order valence-corrected chi connectivity index (χ0v) is 13.9. The summed E-state index contributed by atoms with van der Waals surface area (Å²) in [6.45, 7) is 12.4. The molecule has 0 saturated heterocycles. The van der Waals surface area contributed by atoms with Gasteiger partial charge in [0.25, 0.3) is 0 Å². The molecular weight excluding hydrogens is 266 g/mol. The van der Waals surface area contributed by atoms with Crippen molar-refractivity contribution in [1.29, 1.82) is 0 Å². The van der Waals surface area contributed by atoms with Crippen LogP contribution in [0.5, 0.6) is 0 Å². The third kappa shape index (κ3) is 6.97. The van der Waals surface area contributed by atoms with Gasteiger partial charge in [-0.1, -0.05) is 12.2 Å². The van der Waals surface area contributed by atoms with Crippen molar-refractivity contribution in [2.24, 2.45) is 0 Å². The van der Waals surface area contributed by atoms with Gasteiger partial charge in [-0.25, -0.2) is 4.79 Å². The van der Waals surface area contributed by atoms with Gasteiger partial charge in [0.15, 0.2) is 0 Å². The van der Waals surface area contributed by atoms with Gasteiger partial charge in [0.1, 0.15) is 5.60 Å². The second-order valence-electron chi connectivity index (χ2n) is 7.01. The molecule has 5 heteroatoms. The van der Waals surface area contributed by atoms with Crippen LogP contribution in [0.3, 0.4) is 0 Å². The fourth-order valence-corrected chi connectivity index (χ4v) is 1.58. The highest BCUT2D eigenvalue weighted by Gasteiger charge is 2.15. The molecule has 0 aliphatic heterocycles. The Bertz CT molecular complexity index is 490. The van der Waals surface area contributed by atoms with Crippen LogP contribution in [0.15, 0.2) is 18.5 Å². The second kappa shape index (κ2) is 6.78. The topological polar surface area (TPSA) is 56.1 Å². The lowest BCUT2D eigenvalue weighted by Crippen LogP contribution is -2.32. The molecule has 1 aromatic heterocycles. The van der Waals surface area contributed by atoms with E-state index < -0.39 is 5.60 Å². The van der Waals surface area contributed by atoms with Crippen LogP contribution >= 0.6 is 0 Å². The lowest BCUT2D eigenvalue weighted by atomic mass is 10.1. The molecule has 1 rings (SSSR count). The molecule has 0 fully saturated rings. The number of nitrogens with one attached hydrogen (secondary N) is 1. The zero-order chi connectivity index (χ0) is 16.1. The summed E-state index contributed by atoms with van der Waals surface area (Å²) < 4.78 is 7.09. The van der Waals surface area contributed by atoms with Crippen LogP contribution in [-0.4, -0.2) is 28.0 Å². The molecule has 5 nitrogen and oxygen atoms in total. The first-order chi connectivity index (χ1) is 9.58. The molecule has 21 heavy (non-hydrogen) atoms. The number of amides is 1. The van der Waals surface area contributed by atoms with E-state index in [1.54, 1.807) is 0 Å². The van der Waals surface area contributed by atoms with Gasteiger partial charge in [0, 0.05) is 18.3 Å². The van der Waals surface area contributed by atoms with Gasteiger partial charge in [0.05, 0.1) is 11.7 Å². The Balaban J connectivity index is 2.33. The largest absolute Gasteiger partial charge is 0.444 e. The highest BCUT2D eigenvalue weighted by atomic mass is 16.6. The molecule has 1 N–H and O–H groups in total. The van der Waals surface area contributed by atoms with Crippen molar-refractivity contribution in [3.05, 3.63) is 24.0 Å². The Hall–Kier alpha value is -1.78. The van der Waals surface area contributed by atoms with Crippen molar-refractivity contribution >= 4 is 12.2 Å². The highest BCUT2D eigenvalue weighted by Crippen LogP contribution is 2.13. The first kappa shape index (κ1) is 17.3. The van der Waals surface area contributed by atoms with Crippen molar-refractivity contribution < 1.29 is 9.53 Å². The van der Waals surface area contributed by atoms with E-state index >= 15 is 0 Å². The number of ether oxygens (including phenoxy) is 1. The first-order valence-electron chi connectivity index (χ1n) is 7.26. The van der Waals surface area contributed by atoms with Crippen molar-refractivity contribution in [2.45, 2.75) is 59.1 Å². The van der Waals surface area contributed by atoms with E-state index in [2.05, 4.69) is 31.2 Å². The number of hydrogen-bond donors (Lipinski definition) is 1. The van der Waals surface area contributed by atoms with E-state index in [4.69, 9.17) is 4.74 Å². The second-order valence-corrected chi connectivity index (χ2v) is 7.01. The molecule has 0 atom stereocenters. The number of nitrogens with zero attached hydrogens (tertiary/aromatic N) is 2. The minimum atomic E-state index is -0.457. The predicted molar refractivity (Wildman–Crippen MR) is 85.1 cm³/mol. The number of rotatable bonds is 4. The van der Waals surface area contributed by atoms with Crippen molar-refractivity contribution in [3.63, 3.8) is 0 Å². The van der Waals surface area contributed by atoms with E-state index in [9.17, 15) is 4.79 Å². The molecule has 1 aromatic rings. The van der Waals surface area contributed by atoms with Gasteiger partial charge < -0.3 is 10.1 Å². The quantitative estimate of drug-likeness (QED) is 0.863. The standard InChI is InChI=1S/C16H27N3O2/c1-15(2,3)19-12-13(11-18-19)9-7-8-10-17-14(20)21-16(4,5)6/h7,9,11-12H,8,10H2,1-6H3,(H,17,20). The van der Waals surface area contributed by atoms with Gasteiger partial charge in [-0.05, 0) is 48.0 Å². The number of aromatic nitrogens is 2. The minimum absolute atomic E-state index is 0.00956. The minimum Gasteiger partial charge on any atom is -0.444 e. The zero-order valence-electron chi connectivity index (χ0n) is 13.9. The molecule has 1 amide bonds. The highest BCUT2D eigenvalue weighted by molar-refractivity contribution is 5.67. The third-order valence-corrected chi connectivity index (χ3v) is 2.58. The number of carbonyl (C=O) groups excluding carboxylic acids is 1. The van der Waals surface area contributed by atoms with Crippen molar-refractivity contribution in [3.8, 4) is 0 Å². The third-order valence-electron chi connectivity index (χ3n) is 2.58. The molecule has 0 aliphatic carbocycles. The van der Waals surface area contributed by atoms with E-state index in [1.165, 1.54) is 0 Å². The maximum atomic E-state index is 11.4. The Kier molecular flexibility index (Phi) is 5.58. The van der Waals surface area contributed by atoms with Gasteiger partial charge >= 0.3 is 6.09 Å². The Morgan fingerprint density at radius 1 is 1.33 bits per heavy atom. The number of hydrogen-bond acceptors (Lipinski definition) is 3. The van der Waals surface area contributed by atoms with Crippen molar-refractivity contribution in [2.75, 3.05) is 6.54 Å². The lowest BCUT2D eigenvalue weighted by molar-refractivity contribution is 0.0529. The van der Waals surface area contributed by atoms with Gasteiger partial charge in [-0.15, -0.1) is 0 Å². The molecule has 118 valence electrons. The molecule has 0 aliphatic rings. The van der Waals surface area contributed by atoms with Crippen molar-refractivity contribution in [1.82, 2.24) is 15.1 Å². The summed E-state index contributed by atoms with van der Waals surface area (Å²) in [5, 5.41) is 7.05. The lowest BCUT2D eigenvalue weighted by Gasteiger charge is -2.19. The molecule has 1 heterocycles. The van der Waals surface area contributed by atoms with Gasteiger partial charge in [0.2, 0.25) is 0 Å². The van der Waals surface area contributed by atoms with Crippen LogP contribution in [-0.2, 0) is 10.3 Å². The molecule has 0 unspecified atom stereocenters. The summed E-state index contributed by atoms with van der Waals surface area (Å²) in [5.74, 6) is 0. The molecule has 0 bridgehead atoms. The van der Waals surface area contributed by atoms with Gasteiger partial charge in [-0.3, -0.25) is 4.68 Å². The van der Waals surface area contributed by atoms with E-state index in [0.717, 1.165) is 12.0 Å². The van der Waals surface area contributed by atoms with E-state index in [1.807, 2.05) is 50.0 Å². The van der Waals surface area contributed by atoms with E-state index in [0.29, 0.717) is 6.54 Å². The summed E-state index contributed by atoms with van der Waals surface area (Å²) in [6.07, 6.45) is 8.24. The molecule has 0 aromatic carbocycles. The SMILES string of the molecule is CC(C)(C)OC(=O)NCCC=Cc1cnn(C(C)(C)C)c1. The Labute approximate surface area is 127 Å². The summed E-state index contributed by atoms with van der Waals surface area (Å²) in [7, 11) is 0. The van der Waals surface area contributed by atoms with Gasteiger partial charge in [-0.2, -0.15) is 5.10 Å². The molecular formula is C16H27N3O2. The average Bonchev–Trinajstić information content (AvgIpc) is 2.74. The van der Waals surface area contributed by atoms with Crippen LogP contribution in [0, 0.1) is 0 Å². The predicted octanol–water partition coefficient (Wildman–Crippen LogP) is 3.57. The van der Waals surface area contributed by atoms with Crippen LogP contribution < -0.4 is 5.32 Å². The summed E-state index contributed by atoms with van der Waals surface area (Å²) in [5.41, 5.74) is 0.591. The van der Waals surface area contributed by atoms with E-state index in [-0.39, 0.29) is 11.6 Å². The smallest absolute Gasteiger partial charge is 0.407 e. The molecule has 0 radical (unpaired) electrons. The fourth-order valence-electron chi connectivity index (χ4n) is 1.58. The van der Waals surface area contributed by atoms with Crippen LogP contribution in [0.1, 0.15) is 53.5 Å². The maximum Gasteiger partial charge on any atom is 0.407 e.